The summed E-state index contributed by atoms with van der Waals surface area (Å²) in [5.41, 5.74) is 0. The summed E-state index contributed by atoms with van der Waals surface area (Å²) in [7, 11) is 1.09. The minimum atomic E-state index is -4.43. The van der Waals surface area contributed by atoms with Gasteiger partial charge in [-0.05, 0) is 49.9 Å². The van der Waals surface area contributed by atoms with Crippen LogP contribution in [0.25, 0.3) is 0 Å². The lowest BCUT2D eigenvalue weighted by molar-refractivity contribution is -0.157. The summed E-state index contributed by atoms with van der Waals surface area (Å²) in [5.74, 6) is 1.19. The van der Waals surface area contributed by atoms with Crippen LogP contribution in [0.3, 0.4) is 0 Å². The summed E-state index contributed by atoms with van der Waals surface area (Å²) in [4.78, 5) is 26.6. The molecule has 4 fully saturated rings. The van der Waals surface area contributed by atoms with Gasteiger partial charge in [0.1, 0.15) is 6.54 Å². The SMILES string of the molecule is CN(CC(F)(F)F)C(=O)CNC(=O)N1CC2CC3CC(C2)CC1C3. The van der Waals surface area contributed by atoms with Crippen LogP contribution < -0.4 is 5.32 Å². The Hall–Kier alpha value is -1.47. The minimum absolute atomic E-state index is 0.212. The van der Waals surface area contributed by atoms with Gasteiger partial charge >= 0.3 is 12.2 Å². The third kappa shape index (κ3) is 3.95. The molecule has 4 rings (SSSR count). The minimum Gasteiger partial charge on any atom is -0.335 e. The van der Waals surface area contributed by atoms with Crippen molar-refractivity contribution in [3.05, 3.63) is 0 Å². The Balaban J connectivity index is 1.53. The van der Waals surface area contributed by atoms with Crippen molar-refractivity contribution < 1.29 is 22.8 Å². The van der Waals surface area contributed by atoms with Crippen molar-refractivity contribution >= 4 is 11.9 Å². The van der Waals surface area contributed by atoms with Gasteiger partial charge in [0.15, 0.2) is 0 Å². The van der Waals surface area contributed by atoms with E-state index in [0.29, 0.717) is 29.2 Å². The molecular weight excluding hydrogens is 323 g/mol. The van der Waals surface area contributed by atoms with Crippen LogP contribution in [0.5, 0.6) is 0 Å². The predicted molar refractivity (Wildman–Crippen MR) is 81.1 cm³/mol. The van der Waals surface area contributed by atoms with Crippen LogP contribution in [0.1, 0.15) is 32.1 Å². The number of fused-ring (bicyclic) bond motifs is 1. The second-order valence-corrected chi connectivity index (χ2v) is 7.61. The highest BCUT2D eigenvalue weighted by atomic mass is 19.4. The topological polar surface area (TPSA) is 52.7 Å². The molecule has 24 heavy (non-hydrogen) atoms. The molecule has 1 N–H and O–H groups in total. The van der Waals surface area contributed by atoms with E-state index in [0.717, 1.165) is 19.9 Å². The molecule has 2 atom stereocenters. The molecule has 136 valence electrons. The van der Waals surface area contributed by atoms with Crippen molar-refractivity contribution in [3.8, 4) is 0 Å². The molecule has 5 nitrogen and oxygen atoms in total. The Morgan fingerprint density at radius 3 is 2.25 bits per heavy atom. The van der Waals surface area contributed by atoms with E-state index >= 15 is 0 Å². The molecule has 8 heteroatoms. The highest BCUT2D eigenvalue weighted by Gasteiger charge is 2.44. The first-order valence-electron chi connectivity index (χ1n) is 8.56. The van der Waals surface area contributed by atoms with Crippen molar-refractivity contribution in [1.82, 2.24) is 15.1 Å². The lowest BCUT2D eigenvalue weighted by Crippen LogP contribution is -2.50. The van der Waals surface area contributed by atoms with Gasteiger partial charge in [-0.1, -0.05) is 0 Å². The molecule has 3 amide bonds. The first-order chi connectivity index (χ1) is 11.2. The van der Waals surface area contributed by atoms with Crippen molar-refractivity contribution in [2.24, 2.45) is 17.8 Å². The highest BCUT2D eigenvalue weighted by Crippen LogP contribution is 2.47. The van der Waals surface area contributed by atoms with Gasteiger partial charge in [-0.2, -0.15) is 13.2 Å². The largest absolute Gasteiger partial charge is 0.406 e. The fourth-order valence-electron chi connectivity index (χ4n) is 4.78. The Bertz CT molecular complexity index is 497. The number of halogens is 3. The van der Waals surface area contributed by atoms with Crippen LogP contribution in [-0.2, 0) is 4.79 Å². The molecule has 0 aromatic rings. The number of hydrogen-bond donors (Lipinski definition) is 1. The molecule has 4 bridgehead atoms. The quantitative estimate of drug-likeness (QED) is 0.851. The zero-order chi connectivity index (χ0) is 17.5. The summed E-state index contributed by atoms with van der Waals surface area (Å²) in [6.45, 7) is -0.998. The van der Waals surface area contributed by atoms with Crippen LogP contribution in [0, 0.1) is 17.8 Å². The van der Waals surface area contributed by atoms with E-state index in [2.05, 4.69) is 5.32 Å². The van der Waals surface area contributed by atoms with Crippen molar-refractivity contribution in [3.63, 3.8) is 0 Å². The maximum atomic E-state index is 12.4. The second-order valence-electron chi connectivity index (χ2n) is 7.61. The molecule has 2 saturated heterocycles. The maximum Gasteiger partial charge on any atom is 0.406 e. The summed E-state index contributed by atoms with van der Waals surface area (Å²) >= 11 is 0. The summed E-state index contributed by atoms with van der Waals surface area (Å²) in [5, 5.41) is 2.52. The highest BCUT2D eigenvalue weighted by molar-refractivity contribution is 5.84. The van der Waals surface area contributed by atoms with Crippen molar-refractivity contribution in [1.29, 1.82) is 0 Å². The molecule has 0 aromatic carbocycles. The van der Waals surface area contributed by atoms with E-state index in [1.54, 1.807) is 0 Å². The van der Waals surface area contributed by atoms with Gasteiger partial charge in [-0.15, -0.1) is 0 Å². The van der Waals surface area contributed by atoms with Crippen LogP contribution >= 0.6 is 0 Å². The van der Waals surface area contributed by atoms with Crippen LogP contribution in [-0.4, -0.2) is 60.6 Å². The Morgan fingerprint density at radius 1 is 1.08 bits per heavy atom. The Kier molecular flexibility index (Phi) is 4.66. The summed E-state index contributed by atoms with van der Waals surface area (Å²) < 4.78 is 36.9. The van der Waals surface area contributed by atoms with E-state index in [-0.39, 0.29) is 12.1 Å². The Morgan fingerprint density at radius 2 is 1.67 bits per heavy atom. The monoisotopic (exact) mass is 347 g/mol. The van der Waals surface area contributed by atoms with E-state index in [9.17, 15) is 22.8 Å². The number of alkyl halides is 3. The molecule has 2 aliphatic heterocycles. The third-order valence-corrected chi connectivity index (χ3v) is 5.60. The normalized spacial score (nSPS) is 31.8. The van der Waals surface area contributed by atoms with Crippen molar-refractivity contribution in [2.45, 2.75) is 44.3 Å². The van der Waals surface area contributed by atoms with E-state index in [4.69, 9.17) is 0 Å². The first kappa shape index (κ1) is 17.4. The summed E-state index contributed by atoms with van der Waals surface area (Å²) in [6, 6.07) is -0.105. The predicted octanol–water partition coefficient (Wildman–Crippen LogP) is 2.23. The number of urea groups is 1. The number of likely N-dealkylation sites (N-methyl/N-ethyl adjacent to an activating group) is 1. The number of carbonyl (C=O) groups is 2. The first-order valence-corrected chi connectivity index (χ1v) is 8.56. The van der Waals surface area contributed by atoms with Crippen molar-refractivity contribution in [2.75, 3.05) is 26.7 Å². The number of nitrogens with zero attached hydrogens (tertiary/aromatic N) is 2. The van der Waals surface area contributed by atoms with Gasteiger partial charge in [-0.3, -0.25) is 4.79 Å². The fourth-order valence-corrected chi connectivity index (χ4v) is 4.78. The zero-order valence-corrected chi connectivity index (χ0v) is 13.8. The molecule has 2 saturated carbocycles. The van der Waals surface area contributed by atoms with E-state index < -0.39 is 25.2 Å². The van der Waals surface area contributed by atoms with Gasteiger partial charge in [0.25, 0.3) is 0 Å². The average Bonchev–Trinajstić information content (AvgIpc) is 2.66. The summed E-state index contributed by atoms with van der Waals surface area (Å²) in [6.07, 6.45) is 1.21. The second kappa shape index (κ2) is 6.44. The standard InChI is InChI=1S/C16H24F3N3O2/c1-21(9-16(17,18)19)14(23)7-20-15(24)22-8-12-3-10-2-11(4-12)6-13(22)5-10/h10-13H,2-9H2,1H3,(H,20,24). The lowest BCUT2D eigenvalue weighted by atomic mass is 9.68. The number of hydrogen-bond acceptors (Lipinski definition) is 2. The Labute approximate surface area is 139 Å². The molecule has 2 heterocycles. The van der Waals surface area contributed by atoms with Crippen LogP contribution in [0.4, 0.5) is 18.0 Å². The fraction of sp³-hybridized carbons (Fsp3) is 0.875. The van der Waals surface area contributed by atoms with Gasteiger partial charge in [-0.25, -0.2) is 4.79 Å². The van der Waals surface area contributed by atoms with Crippen LogP contribution in [0.15, 0.2) is 0 Å². The lowest BCUT2D eigenvalue weighted by Gasteiger charge is -2.38. The molecule has 4 aliphatic rings. The number of nitrogens with one attached hydrogen (secondary N) is 1. The van der Waals surface area contributed by atoms with E-state index in [1.165, 1.54) is 19.3 Å². The molecule has 2 aliphatic carbocycles. The van der Waals surface area contributed by atoms with Gasteiger partial charge in [0, 0.05) is 19.6 Å². The van der Waals surface area contributed by atoms with Gasteiger partial charge in [0.05, 0.1) is 6.54 Å². The molecule has 0 spiro atoms. The molecule has 2 unspecified atom stereocenters. The maximum absolute atomic E-state index is 12.4. The molecule has 0 aromatic heterocycles. The molecular formula is C16H24F3N3O2. The smallest absolute Gasteiger partial charge is 0.335 e. The van der Waals surface area contributed by atoms with Crippen LogP contribution in [0.2, 0.25) is 0 Å². The zero-order valence-electron chi connectivity index (χ0n) is 13.8. The van der Waals surface area contributed by atoms with Gasteiger partial charge in [0.2, 0.25) is 5.91 Å². The van der Waals surface area contributed by atoms with E-state index in [1.807, 2.05) is 4.90 Å². The molecule has 0 radical (unpaired) electrons. The number of carbonyl (C=O) groups excluding carboxylic acids is 2. The van der Waals surface area contributed by atoms with Gasteiger partial charge < -0.3 is 15.1 Å². The third-order valence-electron chi connectivity index (χ3n) is 5.60. The number of amides is 3. The number of rotatable bonds is 3. The average molecular weight is 347 g/mol.